The molecule has 0 spiro atoms. The second-order valence-electron chi connectivity index (χ2n) is 7.52. The van der Waals surface area contributed by atoms with Crippen LogP contribution in [0.25, 0.3) is 0 Å². The zero-order valence-electron chi connectivity index (χ0n) is 18.1. The Kier molecular flexibility index (Phi) is 6.96. The Bertz CT molecular complexity index is 1150. The Balaban J connectivity index is 1.73. The van der Waals surface area contributed by atoms with Crippen molar-refractivity contribution >= 4 is 29.1 Å². The highest BCUT2D eigenvalue weighted by molar-refractivity contribution is 6.31. The molecule has 3 aromatic carbocycles. The zero-order chi connectivity index (χ0) is 23.5. The largest absolute Gasteiger partial charge is 0.493 e. The highest BCUT2D eigenvalue weighted by Crippen LogP contribution is 2.43. The number of rotatable bonds is 6. The summed E-state index contributed by atoms with van der Waals surface area (Å²) in [7, 11) is 3.09. The van der Waals surface area contributed by atoms with Crippen LogP contribution in [-0.4, -0.2) is 38.2 Å². The maximum absolute atomic E-state index is 15.1. The monoisotopic (exact) mass is 489 g/mol. The van der Waals surface area contributed by atoms with Crippen molar-refractivity contribution in [3.63, 3.8) is 0 Å². The molecule has 0 fully saturated rings. The van der Waals surface area contributed by atoms with E-state index in [1.54, 1.807) is 48.4 Å². The van der Waals surface area contributed by atoms with E-state index in [4.69, 9.17) is 37.4 Å². The van der Waals surface area contributed by atoms with Gasteiger partial charge in [-0.2, -0.15) is 0 Å². The maximum atomic E-state index is 15.1. The lowest BCUT2D eigenvalue weighted by Crippen LogP contribution is -2.43. The summed E-state index contributed by atoms with van der Waals surface area (Å²) in [6.07, 6.45) is 0.560. The molecular weight excluding hydrogens is 468 g/mol. The lowest BCUT2D eigenvalue weighted by Gasteiger charge is -2.38. The smallest absolute Gasteiger partial charge is 0.261 e. The first-order chi connectivity index (χ1) is 15.9. The number of hydrogen-bond acceptors (Lipinski definition) is 4. The summed E-state index contributed by atoms with van der Waals surface area (Å²) in [5.74, 6) is 0.777. The fourth-order valence-corrected chi connectivity index (χ4v) is 4.45. The number of benzene rings is 3. The number of carbonyl (C=O) groups is 1. The average Bonchev–Trinajstić information content (AvgIpc) is 2.82. The van der Waals surface area contributed by atoms with Crippen LogP contribution >= 0.6 is 23.2 Å². The van der Waals surface area contributed by atoms with E-state index in [1.165, 1.54) is 19.2 Å². The molecule has 0 aromatic heterocycles. The summed E-state index contributed by atoms with van der Waals surface area (Å²) in [4.78, 5) is 14.9. The van der Waals surface area contributed by atoms with Crippen molar-refractivity contribution in [1.29, 1.82) is 0 Å². The SMILES string of the molecule is COc1cc2c(cc1OC)[C@H](c1c(F)cccc1Cl)N(C(=O)COc1ccc(Cl)cc1)CC2. The molecule has 1 atom stereocenters. The number of carbonyl (C=O) groups excluding carboxylic acids is 1. The molecule has 8 heteroatoms. The van der Waals surface area contributed by atoms with Gasteiger partial charge in [0, 0.05) is 22.2 Å². The lowest BCUT2D eigenvalue weighted by atomic mass is 9.87. The van der Waals surface area contributed by atoms with E-state index in [0.717, 1.165) is 11.1 Å². The van der Waals surface area contributed by atoms with Crippen molar-refractivity contribution in [3.05, 3.63) is 87.2 Å². The fraction of sp³-hybridized carbons (Fsp3) is 0.240. The van der Waals surface area contributed by atoms with E-state index in [-0.39, 0.29) is 23.1 Å². The molecule has 33 heavy (non-hydrogen) atoms. The summed E-state index contributed by atoms with van der Waals surface area (Å²) in [5.41, 5.74) is 1.89. The number of halogens is 3. The van der Waals surface area contributed by atoms with Gasteiger partial charge in [-0.3, -0.25) is 4.79 Å². The van der Waals surface area contributed by atoms with Gasteiger partial charge in [0.2, 0.25) is 0 Å². The van der Waals surface area contributed by atoms with Gasteiger partial charge >= 0.3 is 0 Å². The Hall–Kier alpha value is -2.96. The van der Waals surface area contributed by atoms with Crippen LogP contribution < -0.4 is 14.2 Å². The summed E-state index contributed by atoms with van der Waals surface area (Å²) >= 11 is 12.4. The second-order valence-corrected chi connectivity index (χ2v) is 8.37. The predicted molar refractivity (Wildman–Crippen MR) is 125 cm³/mol. The fourth-order valence-electron chi connectivity index (χ4n) is 4.06. The molecule has 1 heterocycles. The summed E-state index contributed by atoms with van der Waals surface area (Å²) < 4.78 is 31.6. The van der Waals surface area contributed by atoms with Gasteiger partial charge < -0.3 is 19.1 Å². The number of nitrogens with zero attached hydrogens (tertiary/aromatic N) is 1. The van der Waals surface area contributed by atoms with Crippen molar-refractivity contribution in [2.24, 2.45) is 0 Å². The van der Waals surface area contributed by atoms with Crippen molar-refractivity contribution < 1.29 is 23.4 Å². The van der Waals surface area contributed by atoms with Gasteiger partial charge in [-0.25, -0.2) is 4.39 Å². The normalized spacial score (nSPS) is 15.1. The van der Waals surface area contributed by atoms with Crippen molar-refractivity contribution in [3.8, 4) is 17.2 Å². The highest BCUT2D eigenvalue weighted by Gasteiger charge is 2.36. The molecule has 0 saturated heterocycles. The molecule has 0 N–H and O–H groups in total. The third-order valence-electron chi connectivity index (χ3n) is 5.64. The Labute approximate surface area is 201 Å². The molecule has 0 radical (unpaired) electrons. The van der Waals surface area contributed by atoms with Crippen LogP contribution in [0.15, 0.2) is 54.6 Å². The van der Waals surface area contributed by atoms with Gasteiger partial charge in [-0.1, -0.05) is 29.3 Å². The molecule has 0 bridgehead atoms. The molecule has 4 rings (SSSR count). The van der Waals surface area contributed by atoms with Crippen molar-refractivity contribution in [2.45, 2.75) is 12.5 Å². The molecule has 0 unspecified atom stereocenters. The van der Waals surface area contributed by atoms with E-state index in [2.05, 4.69) is 0 Å². The molecular formula is C25H22Cl2FNO4. The minimum Gasteiger partial charge on any atom is -0.493 e. The van der Waals surface area contributed by atoms with Crippen LogP contribution in [0.3, 0.4) is 0 Å². The van der Waals surface area contributed by atoms with Gasteiger partial charge in [-0.15, -0.1) is 0 Å². The highest BCUT2D eigenvalue weighted by atomic mass is 35.5. The Morgan fingerprint density at radius 1 is 1.06 bits per heavy atom. The molecule has 5 nitrogen and oxygen atoms in total. The third kappa shape index (κ3) is 4.72. The molecule has 0 saturated carbocycles. The van der Waals surface area contributed by atoms with E-state index in [1.807, 2.05) is 6.07 Å². The van der Waals surface area contributed by atoms with Gasteiger partial charge in [-0.05, 0) is 66.1 Å². The van der Waals surface area contributed by atoms with E-state index in [0.29, 0.717) is 35.2 Å². The summed E-state index contributed by atoms with van der Waals surface area (Å²) in [5, 5.41) is 0.805. The number of hydrogen-bond donors (Lipinski definition) is 0. The van der Waals surface area contributed by atoms with Gasteiger partial charge in [0.25, 0.3) is 5.91 Å². The minimum atomic E-state index is -0.747. The standard InChI is InChI=1S/C25H22Cl2FNO4/c1-31-21-12-15-10-11-29(23(30)14-33-17-8-6-16(26)7-9-17)25(18(15)13-22(21)32-2)24-19(27)4-3-5-20(24)28/h3-9,12-13,25H,10-11,14H2,1-2H3/t25-/m1/s1. The van der Waals surface area contributed by atoms with Crippen LogP contribution in [-0.2, 0) is 11.2 Å². The first kappa shape index (κ1) is 23.2. The first-order valence-electron chi connectivity index (χ1n) is 10.3. The molecule has 1 aliphatic rings. The first-order valence-corrected chi connectivity index (χ1v) is 11.0. The quantitative estimate of drug-likeness (QED) is 0.445. The summed E-state index contributed by atoms with van der Waals surface area (Å²) in [6.45, 7) is 0.146. The van der Waals surface area contributed by atoms with E-state index >= 15 is 4.39 Å². The number of amides is 1. The number of ether oxygens (including phenoxy) is 3. The van der Waals surface area contributed by atoms with Crippen LogP contribution in [0.4, 0.5) is 4.39 Å². The van der Waals surface area contributed by atoms with Crippen LogP contribution in [0.2, 0.25) is 10.0 Å². The van der Waals surface area contributed by atoms with Crippen LogP contribution in [0.5, 0.6) is 17.2 Å². The van der Waals surface area contributed by atoms with E-state index in [9.17, 15) is 4.79 Å². The van der Waals surface area contributed by atoms with Crippen molar-refractivity contribution in [1.82, 2.24) is 4.90 Å². The molecule has 0 aliphatic carbocycles. The van der Waals surface area contributed by atoms with Crippen LogP contribution in [0.1, 0.15) is 22.7 Å². The molecule has 1 amide bonds. The maximum Gasteiger partial charge on any atom is 0.261 e. The van der Waals surface area contributed by atoms with Gasteiger partial charge in [0.1, 0.15) is 11.6 Å². The molecule has 172 valence electrons. The second kappa shape index (κ2) is 9.89. The predicted octanol–water partition coefficient (Wildman–Crippen LogP) is 5.70. The minimum absolute atomic E-state index is 0.215. The number of fused-ring (bicyclic) bond motifs is 1. The van der Waals surface area contributed by atoms with Crippen LogP contribution in [0, 0.1) is 5.82 Å². The zero-order valence-corrected chi connectivity index (χ0v) is 19.6. The van der Waals surface area contributed by atoms with Gasteiger partial charge in [0.15, 0.2) is 18.1 Å². The van der Waals surface area contributed by atoms with E-state index < -0.39 is 11.9 Å². The van der Waals surface area contributed by atoms with Crippen molar-refractivity contribution in [2.75, 3.05) is 27.4 Å². The van der Waals surface area contributed by atoms with Gasteiger partial charge in [0.05, 0.1) is 20.3 Å². The molecule has 3 aromatic rings. The number of methoxy groups -OCH3 is 2. The Morgan fingerprint density at radius 2 is 1.76 bits per heavy atom. The lowest BCUT2D eigenvalue weighted by molar-refractivity contribution is -0.135. The topological polar surface area (TPSA) is 48.0 Å². The summed E-state index contributed by atoms with van der Waals surface area (Å²) in [6, 6.07) is 14.1. The Morgan fingerprint density at radius 3 is 2.42 bits per heavy atom. The third-order valence-corrected chi connectivity index (χ3v) is 6.22. The molecule has 1 aliphatic heterocycles. The average molecular weight is 490 g/mol.